The first-order valence-electron chi connectivity index (χ1n) is 9.60. The second kappa shape index (κ2) is 9.00. The van der Waals surface area contributed by atoms with E-state index in [1.807, 2.05) is 73.0 Å². The highest BCUT2D eigenvalue weighted by molar-refractivity contribution is 7.99. The zero-order chi connectivity index (χ0) is 20.9. The Balaban J connectivity index is 1.51. The summed E-state index contributed by atoms with van der Waals surface area (Å²) in [5.74, 6) is 1.43. The lowest BCUT2D eigenvalue weighted by Gasteiger charge is -2.10. The molecular formula is C23H22N4O2S. The average Bonchev–Trinajstić information content (AvgIpc) is 3.36. The predicted molar refractivity (Wildman–Crippen MR) is 119 cm³/mol. The molecule has 0 aliphatic rings. The Hall–Kier alpha value is -3.32. The minimum atomic E-state index is -0.0844. The molecular weight excluding hydrogens is 396 g/mol. The maximum Gasteiger partial charge on any atom is 0.234 e. The van der Waals surface area contributed by atoms with Gasteiger partial charge in [0.1, 0.15) is 0 Å². The molecule has 2 heterocycles. The van der Waals surface area contributed by atoms with Crippen LogP contribution in [0.2, 0.25) is 0 Å². The molecule has 30 heavy (non-hydrogen) atoms. The van der Waals surface area contributed by atoms with Gasteiger partial charge in [-0.1, -0.05) is 48.2 Å². The number of amides is 1. The monoisotopic (exact) mass is 418 g/mol. The molecule has 7 heteroatoms. The van der Waals surface area contributed by atoms with Crippen molar-refractivity contribution in [3.63, 3.8) is 0 Å². The van der Waals surface area contributed by atoms with Crippen molar-refractivity contribution in [3.8, 4) is 11.6 Å². The molecule has 4 aromatic rings. The third kappa shape index (κ3) is 4.80. The Morgan fingerprint density at radius 3 is 2.50 bits per heavy atom. The zero-order valence-corrected chi connectivity index (χ0v) is 17.6. The number of anilines is 1. The lowest BCUT2D eigenvalue weighted by molar-refractivity contribution is -0.113. The minimum absolute atomic E-state index is 0.0844. The standard InChI is InChI=1S/C23H22N4O2S/c1-16-11-17(2)13-19(12-16)24-21(28)15-30-23-26-25-22(20-9-6-10-29-20)27(23)14-18-7-4-3-5-8-18/h3-13H,14-15H2,1-2H3,(H,24,28). The molecule has 0 fully saturated rings. The highest BCUT2D eigenvalue weighted by Crippen LogP contribution is 2.26. The van der Waals surface area contributed by atoms with E-state index in [1.54, 1.807) is 6.26 Å². The van der Waals surface area contributed by atoms with Crippen molar-refractivity contribution in [1.82, 2.24) is 14.8 Å². The van der Waals surface area contributed by atoms with Gasteiger partial charge in [-0.15, -0.1) is 10.2 Å². The van der Waals surface area contributed by atoms with Crippen LogP contribution in [0.15, 0.2) is 76.5 Å². The number of aryl methyl sites for hydroxylation is 2. The molecule has 0 unspecified atom stereocenters. The number of aromatic nitrogens is 3. The molecule has 152 valence electrons. The van der Waals surface area contributed by atoms with Crippen LogP contribution in [0.3, 0.4) is 0 Å². The van der Waals surface area contributed by atoms with Crippen LogP contribution in [0, 0.1) is 13.8 Å². The van der Waals surface area contributed by atoms with Crippen LogP contribution in [-0.2, 0) is 11.3 Å². The Morgan fingerprint density at radius 1 is 1.03 bits per heavy atom. The van der Waals surface area contributed by atoms with E-state index in [2.05, 4.69) is 21.6 Å². The van der Waals surface area contributed by atoms with E-state index in [4.69, 9.17) is 4.42 Å². The second-order valence-electron chi connectivity index (χ2n) is 7.07. The lowest BCUT2D eigenvalue weighted by Crippen LogP contribution is -2.15. The number of rotatable bonds is 7. The zero-order valence-electron chi connectivity index (χ0n) is 16.8. The molecule has 0 aliphatic heterocycles. The van der Waals surface area contributed by atoms with Crippen molar-refractivity contribution in [3.05, 3.63) is 83.6 Å². The van der Waals surface area contributed by atoms with Crippen molar-refractivity contribution in [2.75, 3.05) is 11.1 Å². The summed E-state index contributed by atoms with van der Waals surface area (Å²) < 4.78 is 7.50. The molecule has 0 atom stereocenters. The molecule has 0 aliphatic carbocycles. The third-order valence-electron chi connectivity index (χ3n) is 4.48. The summed E-state index contributed by atoms with van der Waals surface area (Å²) in [6, 6.07) is 19.7. The highest BCUT2D eigenvalue weighted by Gasteiger charge is 2.18. The molecule has 1 amide bonds. The van der Waals surface area contributed by atoms with Gasteiger partial charge in [0, 0.05) is 5.69 Å². The van der Waals surface area contributed by atoms with Crippen LogP contribution in [0.25, 0.3) is 11.6 Å². The van der Waals surface area contributed by atoms with Gasteiger partial charge < -0.3 is 9.73 Å². The maximum atomic E-state index is 12.5. The fourth-order valence-corrected chi connectivity index (χ4v) is 4.00. The fraction of sp³-hybridized carbons (Fsp3) is 0.174. The Labute approximate surface area is 179 Å². The molecule has 2 aromatic carbocycles. The van der Waals surface area contributed by atoms with Gasteiger partial charge in [0.15, 0.2) is 10.9 Å². The van der Waals surface area contributed by atoms with Gasteiger partial charge >= 0.3 is 0 Å². The van der Waals surface area contributed by atoms with Gasteiger partial charge in [0.2, 0.25) is 11.7 Å². The van der Waals surface area contributed by atoms with Crippen LogP contribution >= 0.6 is 11.8 Å². The van der Waals surface area contributed by atoms with Gasteiger partial charge in [-0.2, -0.15) is 0 Å². The highest BCUT2D eigenvalue weighted by atomic mass is 32.2. The number of nitrogens with one attached hydrogen (secondary N) is 1. The number of nitrogens with zero attached hydrogens (tertiary/aromatic N) is 3. The summed E-state index contributed by atoms with van der Waals surface area (Å²) in [6.45, 7) is 4.62. The van der Waals surface area contributed by atoms with Crippen molar-refractivity contribution < 1.29 is 9.21 Å². The third-order valence-corrected chi connectivity index (χ3v) is 5.45. The van der Waals surface area contributed by atoms with E-state index >= 15 is 0 Å². The summed E-state index contributed by atoms with van der Waals surface area (Å²) in [4.78, 5) is 12.5. The Kier molecular flexibility index (Phi) is 5.99. The number of furan rings is 1. The van der Waals surface area contributed by atoms with E-state index < -0.39 is 0 Å². The molecule has 0 spiro atoms. The minimum Gasteiger partial charge on any atom is -0.461 e. The summed E-state index contributed by atoms with van der Waals surface area (Å²) in [5.41, 5.74) is 4.15. The largest absolute Gasteiger partial charge is 0.461 e. The smallest absolute Gasteiger partial charge is 0.234 e. The van der Waals surface area contributed by atoms with Gasteiger partial charge in [-0.3, -0.25) is 9.36 Å². The number of thioether (sulfide) groups is 1. The first-order valence-corrected chi connectivity index (χ1v) is 10.6. The molecule has 1 N–H and O–H groups in total. The van der Waals surface area contributed by atoms with E-state index in [1.165, 1.54) is 11.8 Å². The first-order chi connectivity index (χ1) is 14.6. The summed E-state index contributed by atoms with van der Waals surface area (Å²) >= 11 is 1.36. The van der Waals surface area contributed by atoms with Gasteiger partial charge in [0.05, 0.1) is 18.6 Å². The van der Waals surface area contributed by atoms with Crippen LogP contribution in [0.5, 0.6) is 0 Å². The maximum absolute atomic E-state index is 12.5. The van der Waals surface area contributed by atoms with Crippen LogP contribution in [0.4, 0.5) is 5.69 Å². The molecule has 0 radical (unpaired) electrons. The lowest BCUT2D eigenvalue weighted by atomic mass is 10.1. The number of hydrogen-bond acceptors (Lipinski definition) is 5. The van der Waals surface area contributed by atoms with Crippen molar-refractivity contribution in [1.29, 1.82) is 0 Å². The number of hydrogen-bond donors (Lipinski definition) is 1. The first kappa shape index (κ1) is 20.0. The summed E-state index contributed by atoms with van der Waals surface area (Å²) in [5, 5.41) is 12.2. The van der Waals surface area contributed by atoms with Crippen molar-refractivity contribution in [2.24, 2.45) is 0 Å². The number of carbonyl (C=O) groups is 1. The summed E-state index contributed by atoms with van der Waals surface area (Å²) in [7, 11) is 0. The van der Waals surface area contributed by atoms with E-state index in [0.717, 1.165) is 22.4 Å². The number of carbonyl (C=O) groups excluding carboxylic acids is 1. The molecule has 0 saturated carbocycles. The molecule has 6 nitrogen and oxygen atoms in total. The van der Waals surface area contributed by atoms with Crippen LogP contribution < -0.4 is 5.32 Å². The Morgan fingerprint density at radius 2 is 1.80 bits per heavy atom. The normalized spacial score (nSPS) is 10.9. The second-order valence-corrected chi connectivity index (χ2v) is 8.01. The Bertz CT molecular complexity index is 1120. The topological polar surface area (TPSA) is 73.0 Å². The van der Waals surface area contributed by atoms with E-state index in [0.29, 0.717) is 23.3 Å². The van der Waals surface area contributed by atoms with E-state index in [-0.39, 0.29) is 11.7 Å². The van der Waals surface area contributed by atoms with Crippen molar-refractivity contribution in [2.45, 2.75) is 25.5 Å². The molecule has 2 aromatic heterocycles. The van der Waals surface area contributed by atoms with Gasteiger partial charge in [-0.25, -0.2) is 0 Å². The quantitative estimate of drug-likeness (QED) is 0.431. The number of benzene rings is 2. The van der Waals surface area contributed by atoms with E-state index in [9.17, 15) is 4.79 Å². The molecule has 0 bridgehead atoms. The molecule has 4 rings (SSSR count). The van der Waals surface area contributed by atoms with Crippen LogP contribution in [0.1, 0.15) is 16.7 Å². The van der Waals surface area contributed by atoms with Gasteiger partial charge in [0.25, 0.3) is 0 Å². The summed E-state index contributed by atoms with van der Waals surface area (Å²) in [6.07, 6.45) is 1.61. The fourth-order valence-electron chi connectivity index (χ4n) is 3.27. The SMILES string of the molecule is Cc1cc(C)cc(NC(=O)CSc2nnc(-c3ccco3)n2Cc2ccccc2)c1. The van der Waals surface area contributed by atoms with Crippen LogP contribution in [-0.4, -0.2) is 26.4 Å². The van der Waals surface area contributed by atoms with Crippen molar-refractivity contribution >= 4 is 23.4 Å². The molecule has 0 saturated heterocycles. The average molecular weight is 419 g/mol. The predicted octanol–water partition coefficient (Wildman–Crippen LogP) is 4.93. The van der Waals surface area contributed by atoms with Gasteiger partial charge in [-0.05, 0) is 54.8 Å².